The monoisotopic (exact) mass is 287 g/mol. The van der Waals surface area contributed by atoms with Gasteiger partial charge >= 0.3 is 5.97 Å². The molecule has 6 nitrogen and oxygen atoms in total. The number of aromatic carboxylic acids is 1. The molecule has 3 aromatic rings. The summed E-state index contributed by atoms with van der Waals surface area (Å²) >= 11 is 1.10. The van der Waals surface area contributed by atoms with E-state index in [1.165, 1.54) is 6.07 Å². The topological polar surface area (TPSA) is 89.1 Å². The van der Waals surface area contributed by atoms with E-state index in [9.17, 15) is 4.79 Å². The zero-order valence-corrected chi connectivity index (χ0v) is 11.2. The second kappa shape index (κ2) is 4.93. The maximum absolute atomic E-state index is 11.0. The van der Waals surface area contributed by atoms with Gasteiger partial charge < -0.3 is 9.52 Å². The first-order valence-corrected chi connectivity index (χ1v) is 6.56. The molecule has 1 N–H and O–H groups in total. The van der Waals surface area contributed by atoms with E-state index in [1.807, 2.05) is 24.3 Å². The summed E-state index contributed by atoms with van der Waals surface area (Å²) in [5.74, 6) is -1.09. The summed E-state index contributed by atoms with van der Waals surface area (Å²) in [5.41, 5.74) is 1.94. The minimum absolute atomic E-state index is 0.0453. The molecule has 0 aliphatic carbocycles. The Hall–Kier alpha value is -2.41. The molecule has 0 fully saturated rings. The van der Waals surface area contributed by atoms with Crippen LogP contribution in [0.3, 0.4) is 0 Å². The first-order chi connectivity index (χ1) is 9.61. The fraction of sp³-hybridized carbons (Fsp3) is 0.0769. The molecular weight excluding hydrogens is 278 g/mol. The maximum Gasteiger partial charge on any atom is 0.354 e. The van der Waals surface area contributed by atoms with Crippen molar-refractivity contribution in [2.75, 3.05) is 0 Å². The van der Waals surface area contributed by atoms with E-state index < -0.39 is 5.97 Å². The number of para-hydroxylation sites is 2. The van der Waals surface area contributed by atoms with Crippen LogP contribution < -0.4 is 0 Å². The van der Waals surface area contributed by atoms with E-state index in [0.29, 0.717) is 21.7 Å². The van der Waals surface area contributed by atoms with Crippen LogP contribution in [0.15, 0.2) is 45.1 Å². The fourth-order valence-corrected chi connectivity index (χ4v) is 2.43. The molecule has 7 heteroatoms. The van der Waals surface area contributed by atoms with Gasteiger partial charge in [-0.2, -0.15) is 0 Å². The average Bonchev–Trinajstić information content (AvgIpc) is 2.79. The van der Waals surface area contributed by atoms with Crippen molar-refractivity contribution in [3.63, 3.8) is 0 Å². The third-order valence-electron chi connectivity index (χ3n) is 2.51. The van der Waals surface area contributed by atoms with Crippen LogP contribution in [0.2, 0.25) is 0 Å². The van der Waals surface area contributed by atoms with Gasteiger partial charge in [0.15, 0.2) is 16.4 Å². The first-order valence-electron chi connectivity index (χ1n) is 5.74. The van der Waals surface area contributed by atoms with Crippen molar-refractivity contribution in [2.45, 2.75) is 17.3 Å². The van der Waals surface area contributed by atoms with Gasteiger partial charge in [0, 0.05) is 17.5 Å². The Balaban J connectivity index is 1.96. The van der Waals surface area contributed by atoms with E-state index in [0.717, 1.165) is 17.3 Å². The zero-order chi connectivity index (χ0) is 14.1. The lowest BCUT2D eigenvalue weighted by Gasteiger charge is -2.00. The van der Waals surface area contributed by atoms with E-state index in [2.05, 4.69) is 15.0 Å². The number of carbonyl (C=O) groups is 1. The third-order valence-corrected chi connectivity index (χ3v) is 3.22. The predicted octanol–water partition coefficient (Wildman–Crippen LogP) is 2.78. The van der Waals surface area contributed by atoms with Crippen LogP contribution in [0, 0.1) is 6.92 Å². The first kappa shape index (κ1) is 12.6. The molecule has 0 saturated carbocycles. The Morgan fingerprint density at radius 3 is 2.80 bits per heavy atom. The third kappa shape index (κ3) is 2.48. The number of nitrogens with zero attached hydrogens (tertiary/aromatic N) is 3. The van der Waals surface area contributed by atoms with Gasteiger partial charge in [0.2, 0.25) is 0 Å². The van der Waals surface area contributed by atoms with Crippen LogP contribution in [-0.2, 0) is 0 Å². The molecule has 2 heterocycles. The number of oxazole rings is 1. The highest BCUT2D eigenvalue weighted by Gasteiger charge is 2.13. The van der Waals surface area contributed by atoms with Crippen molar-refractivity contribution in [1.29, 1.82) is 0 Å². The van der Waals surface area contributed by atoms with E-state index in [1.54, 1.807) is 6.92 Å². The van der Waals surface area contributed by atoms with E-state index in [4.69, 9.17) is 9.52 Å². The standard InChI is InChI=1S/C13H9N3O3S/c1-7-6-9(11(17)18)15-12(14-7)20-13-16-8-4-2-3-5-10(8)19-13/h2-6H,1H3,(H,17,18). The highest BCUT2D eigenvalue weighted by molar-refractivity contribution is 7.98. The van der Waals surface area contributed by atoms with Crippen molar-refractivity contribution in [2.24, 2.45) is 0 Å². The molecule has 0 unspecified atom stereocenters. The van der Waals surface area contributed by atoms with Crippen LogP contribution >= 0.6 is 11.8 Å². The molecule has 0 bridgehead atoms. The van der Waals surface area contributed by atoms with Crippen molar-refractivity contribution >= 4 is 28.8 Å². The van der Waals surface area contributed by atoms with E-state index in [-0.39, 0.29) is 5.69 Å². The number of rotatable bonds is 3. The second-order valence-corrected chi connectivity index (χ2v) is 4.95. The molecule has 0 amide bonds. The van der Waals surface area contributed by atoms with Crippen LogP contribution in [0.4, 0.5) is 0 Å². The number of carboxylic acids is 1. The largest absolute Gasteiger partial charge is 0.477 e. The van der Waals surface area contributed by atoms with Gasteiger partial charge in [0.05, 0.1) is 0 Å². The Labute approximate surface area is 117 Å². The average molecular weight is 287 g/mol. The van der Waals surface area contributed by atoms with Crippen molar-refractivity contribution in [1.82, 2.24) is 15.0 Å². The summed E-state index contributed by atoms with van der Waals surface area (Å²) in [5, 5.41) is 9.66. The second-order valence-electron chi connectivity index (χ2n) is 4.03. The summed E-state index contributed by atoms with van der Waals surface area (Å²) in [7, 11) is 0. The molecule has 0 radical (unpaired) electrons. The summed E-state index contributed by atoms with van der Waals surface area (Å²) in [4.78, 5) is 23.4. The summed E-state index contributed by atoms with van der Waals surface area (Å²) < 4.78 is 5.54. The Morgan fingerprint density at radius 1 is 1.25 bits per heavy atom. The normalized spacial score (nSPS) is 10.8. The molecule has 3 rings (SSSR count). The minimum atomic E-state index is -1.09. The number of fused-ring (bicyclic) bond motifs is 1. The lowest BCUT2D eigenvalue weighted by Crippen LogP contribution is -2.03. The number of aryl methyl sites for hydroxylation is 1. The van der Waals surface area contributed by atoms with Gasteiger partial charge in [-0.05, 0) is 25.1 Å². The molecular formula is C13H9N3O3S. The number of hydrogen-bond acceptors (Lipinski definition) is 6. The van der Waals surface area contributed by atoms with Crippen molar-refractivity contribution in [3.8, 4) is 0 Å². The summed E-state index contributed by atoms with van der Waals surface area (Å²) in [6.07, 6.45) is 0. The van der Waals surface area contributed by atoms with Crippen molar-refractivity contribution in [3.05, 3.63) is 41.7 Å². The number of benzene rings is 1. The molecule has 0 saturated heterocycles. The molecule has 2 aromatic heterocycles. The highest BCUT2D eigenvalue weighted by atomic mass is 32.2. The van der Waals surface area contributed by atoms with Crippen LogP contribution in [0.1, 0.15) is 16.2 Å². The fourth-order valence-electron chi connectivity index (χ4n) is 1.67. The lowest BCUT2D eigenvalue weighted by molar-refractivity contribution is 0.0689. The molecule has 0 spiro atoms. The van der Waals surface area contributed by atoms with E-state index >= 15 is 0 Å². The van der Waals surface area contributed by atoms with Crippen LogP contribution in [-0.4, -0.2) is 26.0 Å². The quantitative estimate of drug-likeness (QED) is 0.741. The van der Waals surface area contributed by atoms with Crippen LogP contribution in [0.5, 0.6) is 0 Å². The lowest BCUT2D eigenvalue weighted by atomic mass is 10.3. The van der Waals surface area contributed by atoms with Crippen molar-refractivity contribution < 1.29 is 14.3 Å². The highest BCUT2D eigenvalue weighted by Crippen LogP contribution is 2.27. The summed E-state index contributed by atoms with van der Waals surface area (Å²) in [6.45, 7) is 1.71. The zero-order valence-electron chi connectivity index (χ0n) is 10.4. The number of carboxylic acid groups (broad SMARTS) is 1. The Bertz CT molecular complexity index is 767. The van der Waals surface area contributed by atoms with Gasteiger partial charge in [-0.1, -0.05) is 12.1 Å². The predicted molar refractivity (Wildman–Crippen MR) is 71.9 cm³/mol. The summed E-state index contributed by atoms with van der Waals surface area (Å²) in [6, 6.07) is 8.78. The smallest absolute Gasteiger partial charge is 0.354 e. The van der Waals surface area contributed by atoms with Gasteiger partial charge in [0.25, 0.3) is 5.22 Å². The van der Waals surface area contributed by atoms with Gasteiger partial charge in [0.1, 0.15) is 5.52 Å². The molecule has 0 aliphatic heterocycles. The molecule has 0 aliphatic rings. The van der Waals surface area contributed by atoms with Crippen LogP contribution in [0.25, 0.3) is 11.1 Å². The SMILES string of the molecule is Cc1cc(C(=O)O)nc(Sc2nc3ccccc3o2)n1. The molecule has 100 valence electrons. The maximum atomic E-state index is 11.0. The van der Waals surface area contributed by atoms with Gasteiger partial charge in [-0.15, -0.1) is 0 Å². The Kier molecular flexibility index (Phi) is 3.11. The molecule has 0 atom stereocenters. The molecule has 20 heavy (non-hydrogen) atoms. The van der Waals surface area contributed by atoms with Gasteiger partial charge in [-0.25, -0.2) is 19.7 Å². The molecule has 1 aromatic carbocycles. The number of hydrogen-bond donors (Lipinski definition) is 1. The van der Waals surface area contributed by atoms with Gasteiger partial charge in [-0.3, -0.25) is 0 Å². The minimum Gasteiger partial charge on any atom is -0.477 e. The Morgan fingerprint density at radius 2 is 2.05 bits per heavy atom. The number of aromatic nitrogens is 3.